The predicted octanol–water partition coefficient (Wildman–Crippen LogP) is 6.48. The lowest BCUT2D eigenvalue weighted by Crippen LogP contribution is -2.33. The zero-order valence-corrected chi connectivity index (χ0v) is 20.4. The molecule has 36 heavy (non-hydrogen) atoms. The van der Waals surface area contributed by atoms with E-state index in [9.17, 15) is 10.2 Å². The van der Waals surface area contributed by atoms with Crippen LogP contribution < -0.4 is 4.74 Å². The van der Waals surface area contributed by atoms with Gasteiger partial charge >= 0.3 is 0 Å². The Labute approximate surface area is 211 Å². The summed E-state index contributed by atoms with van der Waals surface area (Å²) in [5.41, 5.74) is 5.97. The number of phenols is 2. The number of phenolic OH excluding ortho intramolecular Hbond substituents is 2. The number of hydrogen-bond donors (Lipinski definition) is 2. The minimum atomic E-state index is 0.241. The second-order valence-electron chi connectivity index (χ2n) is 9.75. The molecule has 2 aliphatic rings. The summed E-state index contributed by atoms with van der Waals surface area (Å²) in [6.07, 6.45) is 3.91. The van der Waals surface area contributed by atoms with Crippen LogP contribution in [-0.2, 0) is 18.0 Å². The van der Waals surface area contributed by atoms with Crippen LogP contribution in [0.5, 0.6) is 17.2 Å². The standard InChI is InChI=1S/C31H31NO4/c33-23-7-11-25-22(18-23)6-10-26-27-12-13-30(34)31(29(27)20-35-19-28(25)26)21-4-8-24(9-5-21)36-17-16-32-14-2-1-3-15-32/h4-13,18,33-34H,1-3,14-17,19-20H2. The predicted molar refractivity (Wildman–Crippen MR) is 142 cm³/mol. The number of rotatable bonds is 5. The van der Waals surface area contributed by atoms with Crippen LogP contribution in [0.1, 0.15) is 30.4 Å². The topological polar surface area (TPSA) is 62.2 Å². The fourth-order valence-corrected chi connectivity index (χ4v) is 5.60. The van der Waals surface area contributed by atoms with Crippen molar-refractivity contribution >= 4 is 10.8 Å². The molecule has 0 atom stereocenters. The molecule has 1 saturated heterocycles. The summed E-state index contributed by atoms with van der Waals surface area (Å²) in [7, 11) is 0. The van der Waals surface area contributed by atoms with E-state index in [1.165, 1.54) is 32.4 Å². The summed E-state index contributed by atoms with van der Waals surface area (Å²) >= 11 is 0. The van der Waals surface area contributed by atoms with Crippen LogP contribution in [0.3, 0.4) is 0 Å². The Morgan fingerprint density at radius 3 is 2.36 bits per heavy atom. The molecule has 0 aromatic heterocycles. The SMILES string of the molecule is Oc1ccc2c3c(ccc2c1)-c1ccc(O)c(-c2ccc(OCCN4CCCCC4)cc2)c1COC3. The third-order valence-electron chi connectivity index (χ3n) is 7.46. The van der Waals surface area contributed by atoms with Gasteiger partial charge in [0.2, 0.25) is 0 Å². The van der Waals surface area contributed by atoms with E-state index in [2.05, 4.69) is 11.0 Å². The lowest BCUT2D eigenvalue weighted by atomic mass is 9.88. The smallest absolute Gasteiger partial charge is 0.123 e. The Bertz CT molecular complexity index is 1390. The Kier molecular flexibility index (Phi) is 6.26. The molecule has 2 aliphatic heterocycles. The van der Waals surface area contributed by atoms with Crippen molar-refractivity contribution in [2.24, 2.45) is 0 Å². The van der Waals surface area contributed by atoms with Gasteiger partial charge in [-0.1, -0.05) is 42.8 Å². The van der Waals surface area contributed by atoms with Crippen molar-refractivity contribution in [3.8, 4) is 39.5 Å². The zero-order chi connectivity index (χ0) is 24.5. The van der Waals surface area contributed by atoms with Crippen molar-refractivity contribution in [2.75, 3.05) is 26.2 Å². The van der Waals surface area contributed by atoms with Gasteiger partial charge in [0, 0.05) is 12.1 Å². The zero-order valence-electron chi connectivity index (χ0n) is 20.4. The van der Waals surface area contributed by atoms with Gasteiger partial charge < -0.3 is 19.7 Å². The van der Waals surface area contributed by atoms with Crippen LogP contribution in [0.25, 0.3) is 33.0 Å². The van der Waals surface area contributed by atoms with Gasteiger partial charge in [0.1, 0.15) is 23.9 Å². The summed E-state index contributed by atoms with van der Waals surface area (Å²) in [5.74, 6) is 1.34. The van der Waals surface area contributed by atoms with E-state index < -0.39 is 0 Å². The average molecular weight is 482 g/mol. The van der Waals surface area contributed by atoms with E-state index in [4.69, 9.17) is 9.47 Å². The molecule has 2 heterocycles. The number of aromatic hydroxyl groups is 2. The number of fused-ring (bicyclic) bond motifs is 5. The molecule has 0 amide bonds. The second kappa shape index (κ2) is 9.84. The first-order chi connectivity index (χ1) is 17.7. The Balaban J connectivity index is 1.30. The lowest BCUT2D eigenvalue weighted by Gasteiger charge is -2.26. The molecule has 0 spiro atoms. The molecule has 5 heteroatoms. The van der Waals surface area contributed by atoms with Crippen molar-refractivity contribution in [3.63, 3.8) is 0 Å². The van der Waals surface area contributed by atoms with E-state index in [0.717, 1.165) is 56.4 Å². The largest absolute Gasteiger partial charge is 0.508 e. The average Bonchev–Trinajstić information content (AvgIpc) is 3.09. The normalized spacial score (nSPS) is 15.8. The van der Waals surface area contributed by atoms with Crippen LogP contribution in [-0.4, -0.2) is 41.4 Å². The van der Waals surface area contributed by atoms with Crippen molar-refractivity contribution in [1.82, 2.24) is 4.90 Å². The number of ether oxygens (including phenoxy) is 2. The second-order valence-corrected chi connectivity index (χ2v) is 9.75. The monoisotopic (exact) mass is 481 g/mol. The minimum absolute atomic E-state index is 0.241. The summed E-state index contributed by atoms with van der Waals surface area (Å²) in [5, 5.41) is 22.8. The molecular formula is C31H31NO4. The maximum Gasteiger partial charge on any atom is 0.123 e. The fraction of sp³-hybridized carbons (Fsp3) is 0.290. The van der Waals surface area contributed by atoms with Gasteiger partial charge in [-0.25, -0.2) is 0 Å². The van der Waals surface area contributed by atoms with Crippen molar-refractivity contribution in [2.45, 2.75) is 32.5 Å². The molecule has 4 aromatic rings. The minimum Gasteiger partial charge on any atom is -0.508 e. The highest BCUT2D eigenvalue weighted by Crippen LogP contribution is 2.43. The lowest BCUT2D eigenvalue weighted by molar-refractivity contribution is 0.111. The molecular weight excluding hydrogens is 450 g/mol. The van der Waals surface area contributed by atoms with Crippen LogP contribution in [0.4, 0.5) is 0 Å². The molecule has 5 nitrogen and oxygen atoms in total. The van der Waals surface area contributed by atoms with Crippen LogP contribution in [0.15, 0.2) is 66.7 Å². The van der Waals surface area contributed by atoms with E-state index in [0.29, 0.717) is 19.8 Å². The van der Waals surface area contributed by atoms with Crippen LogP contribution >= 0.6 is 0 Å². The van der Waals surface area contributed by atoms with Gasteiger partial charge in [-0.15, -0.1) is 0 Å². The van der Waals surface area contributed by atoms with Crippen molar-refractivity contribution in [3.05, 3.63) is 77.9 Å². The van der Waals surface area contributed by atoms with E-state index in [-0.39, 0.29) is 11.5 Å². The van der Waals surface area contributed by atoms with E-state index >= 15 is 0 Å². The van der Waals surface area contributed by atoms with Crippen LogP contribution in [0.2, 0.25) is 0 Å². The highest BCUT2D eigenvalue weighted by Gasteiger charge is 2.22. The van der Waals surface area contributed by atoms with Gasteiger partial charge in [-0.3, -0.25) is 4.90 Å². The molecule has 0 unspecified atom stereocenters. The quantitative estimate of drug-likeness (QED) is 0.342. The Morgan fingerprint density at radius 2 is 1.53 bits per heavy atom. The Morgan fingerprint density at radius 1 is 0.778 bits per heavy atom. The molecule has 2 N–H and O–H groups in total. The third kappa shape index (κ3) is 4.41. The first kappa shape index (κ1) is 22.9. The molecule has 4 aromatic carbocycles. The maximum atomic E-state index is 10.9. The van der Waals surface area contributed by atoms with Gasteiger partial charge in [0.05, 0.1) is 13.2 Å². The van der Waals surface area contributed by atoms with Crippen molar-refractivity contribution < 1.29 is 19.7 Å². The van der Waals surface area contributed by atoms with Gasteiger partial charge in [0.15, 0.2) is 0 Å². The highest BCUT2D eigenvalue weighted by molar-refractivity contribution is 5.94. The van der Waals surface area contributed by atoms with Gasteiger partial charge in [0.25, 0.3) is 0 Å². The first-order valence-electron chi connectivity index (χ1n) is 12.8. The molecule has 0 aliphatic carbocycles. The number of hydrogen-bond acceptors (Lipinski definition) is 5. The fourth-order valence-electron chi connectivity index (χ4n) is 5.60. The number of nitrogens with zero attached hydrogens (tertiary/aromatic N) is 1. The van der Waals surface area contributed by atoms with E-state index in [1.807, 2.05) is 42.5 Å². The summed E-state index contributed by atoms with van der Waals surface area (Å²) < 4.78 is 12.1. The maximum absolute atomic E-state index is 10.9. The number of likely N-dealkylation sites (tertiary alicyclic amines) is 1. The van der Waals surface area contributed by atoms with Crippen LogP contribution in [0, 0.1) is 0 Å². The van der Waals surface area contributed by atoms with Crippen molar-refractivity contribution in [1.29, 1.82) is 0 Å². The summed E-state index contributed by atoms with van der Waals surface area (Å²) in [6, 6.07) is 21.3. The van der Waals surface area contributed by atoms with E-state index in [1.54, 1.807) is 18.2 Å². The number of piperidine rings is 1. The number of benzene rings is 4. The summed E-state index contributed by atoms with van der Waals surface area (Å²) in [4.78, 5) is 2.47. The summed E-state index contributed by atoms with van der Waals surface area (Å²) in [6.45, 7) is 4.85. The first-order valence-corrected chi connectivity index (χ1v) is 12.8. The molecule has 0 bridgehead atoms. The Hall–Kier alpha value is -3.54. The van der Waals surface area contributed by atoms with Gasteiger partial charge in [-0.2, -0.15) is 0 Å². The molecule has 0 radical (unpaired) electrons. The molecule has 1 fully saturated rings. The van der Waals surface area contributed by atoms with Gasteiger partial charge in [-0.05, 0) is 94.9 Å². The molecule has 0 saturated carbocycles. The molecule has 6 rings (SSSR count). The third-order valence-corrected chi connectivity index (χ3v) is 7.46. The molecule has 184 valence electrons. The highest BCUT2D eigenvalue weighted by atomic mass is 16.5.